The fraction of sp³-hybridized carbons (Fsp3) is 0.500. The van der Waals surface area contributed by atoms with E-state index in [4.69, 9.17) is 23.1 Å². The maximum absolute atomic E-state index is 13.0. The Labute approximate surface area is 265 Å². The van der Waals surface area contributed by atoms with Gasteiger partial charge in [-0.15, -0.1) is 0 Å². The summed E-state index contributed by atoms with van der Waals surface area (Å²) in [5.41, 5.74) is 2.02. The second-order valence-corrected chi connectivity index (χ2v) is 13.4. The first-order valence-corrected chi connectivity index (χ1v) is 17.3. The number of benzene rings is 2. The molecule has 0 aromatic heterocycles. The zero-order valence-corrected chi connectivity index (χ0v) is 26.7. The van der Waals surface area contributed by atoms with E-state index in [0.717, 1.165) is 5.56 Å². The SMILES string of the molecule is Cc1ccc(S(=O)(=O)OCCOCCOCCOCCOCCS(=O)c2cccc3c2CN(C2CCC(=O)NC2=O)C3=O)cc1. The van der Waals surface area contributed by atoms with Gasteiger partial charge in [0.05, 0.1) is 80.9 Å². The Kier molecular flexibility index (Phi) is 13.2. The van der Waals surface area contributed by atoms with Gasteiger partial charge in [-0.1, -0.05) is 23.8 Å². The lowest BCUT2D eigenvalue weighted by Crippen LogP contribution is -2.52. The number of hydrogen-bond acceptors (Lipinski definition) is 11. The fourth-order valence-corrected chi connectivity index (χ4v) is 6.81. The van der Waals surface area contributed by atoms with Crippen LogP contribution in [0.4, 0.5) is 0 Å². The topological polar surface area (TPSA) is 164 Å². The molecule has 3 amide bonds. The summed E-state index contributed by atoms with van der Waals surface area (Å²) in [6.07, 6.45) is 0.433. The van der Waals surface area contributed by atoms with Crippen molar-refractivity contribution in [3.63, 3.8) is 0 Å². The van der Waals surface area contributed by atoms with E-state index in [0.29, 0.717) is 49.1 Å². The number of fused-ring (bicyclic) bond motifs is 1. The number of nitrogens with one attached hydrogen (secondary N) is 1. The number of piperidine rings is 1. The zero-order chi connectivity index (χ0) is 32.2. The van der Waals surface area contributed by atoms with E-state index >= 15 is 0 Å². The van der Waals surface area contributed by atoms with E-state index in [2.05, 4.69) is 5.32 Å². The Morgan fingerprint density at radius 3 is 2.07 bits per heavy atom. The number of carbonyl (C=O) groups is 3. The molecule has 1 N–H and O–H groups in total. The third-order valence-corrected chi connectivity index (χ3v) is 9.83. The first-order valence-electron chi connectivity index (χ1n) is 14.6. The fourth-order valence-electron chi connectivity index (χ4n) is 4.75. The molecule has 2 unspecified atom stereocenters. The van der Waals surface area contributed by atoms with Gasteiger partial charge < -0.3 is 23.8 Å². The molecule has 0 aliphatic carbocycles. The monoisotopic (exact) mass is 666 g/mol. The second-order valence-electron chi connectivity index (χ2n) is 10.3. The third-order valence-electron chi connectivity index (χ3n) is 7.09. The predicted octanol–water partition coefficient (Wildman–Crippen LogP) is 1.34. The first kappa shape index (κ1) is 34.8. The second kappa shape index (κ2) is 17.0. The van der Waals surface area contributed by atoms with Gasteiger partial charge in [-0.25, -0.2) is 0 Å². The molecule has 45 heavy (non-hydrogen) atoms. The summed E-state index contributed by atoms with van der Waals surface area (Å²) in [6.45, 7) is 4.21. The van der Waals surface area contributed by atoms with Gasteiger partial charge in [0.25, 0.3) is 16.0 Å². The summed E-state index contributed by atoms with van der Waals surface area (Å²) in [7, 11) is -5.22. The molecular formula is C30H38N2O11S2. The largest absolute Gasteiger partial charge is 0.378 e. The number of amides is 3. The summed E-state index contributed by atoms with van der Waals surface area (Å²) >= 11 is 0. The van der Waals surface area contributed by atoms with Gasteiger partial charge in [0, 0.05) is 29.0 Å². The summed E-state index contributed by atoms with van der Waals surface area (Å²) < 4.78 is 63.9. The Morgan fingerprint density at radius 1 is 0.844 bits per heavy atom. The summed E-state index contributed by atoms with van der Waals surface area (Å²) in [5, 5.41) is 2.28. The van der Waals surface area contributed by atoms with E-state index in [-0.39, 0.29) is 68.3 Å². The normalized spacial score (nSPS) is 17.4. The van der Waals surface area contributed by atoms with E-state index in [9.17, 15) is 27.0 Å². The van der Waals surface area contributed by atoms with Crippen LogP contribution in [0.2, 0.25) is 0 Å². The van der Waals surface area contributed by atoms with Gasteiger partial charge in [-0.05, 0) is 37.6 Å². The molecule has 2 aliphatic rings. The van der Waals surface area contributed by atoms with Crippen molar-refractivity contribution in [3.8, 4) is 0 Å². The molecule has 4 rings (SSSR count). The van der Waals surface area contributed by atoms with Crippen molar-refractivity contribution in [2.45, 2.75) is 42.1 Å². The number of hydrogen-bond donors (Lipinski definition) is 1. The number of nitrogens with zero attached hydrogens (tertiary/aromatic N) is 1. The molecule has 2 aromatic rings. The highest BCUT2D eigenvalue weighted by atomic mass is 32.2. The maximum Gasteiger partial charge on any atom is 0.297 e. The molecule has 246 valence electrons. The van der Waals surface area contributed by atoms with Crippen molar-refractivity contribution in [2.24, 2.45) is 0 Å². The van der Waals surface area contributed by atoms with Gasteiger partial charge in [0.15, 0.2) is 0 Å². The highest BCUT2D eigenvalue weighted by Gasteiger charge is 2.40. The molecule has 1 fully saturated rings. The Balaban J connectivity index is 1.01. The first-order chi connectivity index (χ1) is 21.7. The standard InChI is InChI=1S/C30H38N2O11S2/c1-22-5-7-23(8-6-22)45(37,38)43-18-17-41-14-13-39-11-12-40-15-16-42-19-20-44(36)27-4-2-3-24-25(27)21-32(30(24)35)26-9-10-28(33)31-29(26)34/h2-8,26H,9-21H2,1H3,(H,31,33,34). The van der Waals surface area contributed by atoms with Crippen LogP contribution in [-0.2, 0) is 60.2 Å². The average Bonchev–Trinajstić information content (AvgIpc) is 3.35. The number of rotatable bonds is 19. The molecule has 2 atom stereocenters. The van der Waals surface area contributed by atoms with Crippen molar-refractivity contribution in [1.29, 1.82) is 0 Å². The lowest BCUT2D eigenvalue weighted by atomic mass is 10.0. The van der Waals surface area contributed by atoms with E-state index in [1.54, 1.807) is 30.3 Å². The summed E-state index contributed by atoms with van der Waals surface area (Å²) in [5.74, 6) is -0.911. The van der Waals surface area contributed by atoms with Crippen LogP contribution in [0.1, 0.15) is 34.3 Å². The van der Waals surface area contributed by atoms with Crippen molar-refractivity contribution < 1.29 is 50.1 Å². The Hall–Kier alpha value is -3.05. The van der Waals surface area contributed by atoms with E-state index < -0.39 is 32.9 Å². The Bertz CT molecular complexity index is 1460. The highest BCUT2D eigenvalue weighted by Crippen LogP contribution is 2.31. The lowest BCUT2D eigenvalue weighted by molar-refractivity contribution is -0.136. The molecule has 2 aromatic carbocycles. The average molecular weight is 667 g/mol. The maximum atomic E-state index is 13.0. The van der Waals surface area contributed by atoms with Crippen LogP contribution >= 0.6 is 0 Å². The lowest BCUT2D eigenvalue weighted by Gasteiger charge is -2.29. The van der Waals surface area contributed by atoms with Gasteiger partial charge in [0.2, 0.25) is 11.8 Å². The van der Waals surface area contributed by atoms with E-state index in [1.165, 1.54) is 17.0 Å². The van der Waals surface area contributed by atoms with Crippen LogP contribution in [0.3, 0.4) is 0 Å². The highest BCUT2D eigenvalue weighted by molar-refractivity contribution is 7.86. The number of imide groups is 1. The van der Waals surface area contributed by atoms with Gasteiger partial charge in [-0.3, -0.25) is 28.1 Å². The van der Waals surface area contributed by atoms with Crippen LogP contribution in [0, 0.1) is 6.92 Å². The molecule has 0 radical (unpaired) electrons. The molecule has 15 heteroatoms. The van der Waals surface area contributed by atoms with Gasteiger partial charge in [-0.2, -0.15) is 8.42 Å². The van der Waals surface area contributed by atoms with Crippen molar-refractivity contribution in [1.82, 2.24) is 10.2 Å². The van der Waals surface area contributed by atoms with Crippen LogP contribution in [-0.4, -0.2) is 107 Å². The third kappa shape index (κ3) is 9.97. The number of aryl methyl sites for hydroxylation is 1. The molecule has 0 spiro atoms. The van der Waals surface area contributed by atoms with Crippen LogP contribution in [0.5, 0.6) is 0 Å². The molecule has 13 nitrogen and oxygen atoms in total. The number of ether oxygens (including phenoxy) is 4. The molecule has 0 bridgehead atoms. The minimum Gasteiger partial charge on any atom is -0.378 e. The van der Waals surface area contributed by atoms with Crippen LogP contribution < -0.4 is 5.32 Å². The van der Waals surface area contributed by atoms with Gasteiger partial charge >= 0.3 is 0 Å². The van der Waals surface area contributed by atoms with Crippen molar-refractivity contribution in [3.05, 3.63) is 59.2 Å². The smallest absolute Gasteiger partial charge is 0.297 e. The van der Waals surface area contributed by atoms with Crippen molar-refractivity contribution in [2.75, 3.05) is 65.2 Å². The molecule has 2 heterocycles. The molecule has 0 saturated carbocycles. The summed E-state index contributed by atoms with van der Waals surface area (Å²) in [4.78, 5) is 38.8. The zero-order valence-electron chi connectivity index (χ0n) is 25.1. The quantitative estimate of drug-likeness (QED) is 0.131. The van der Waals surface area contributed by atoms with Crippen molar-refractivity contribution >= 4 is 38.6 Å². The predicted molar refractivity (Wildman–Crippen MR) is 161 cm³/mol. The molecule has 2 aliphatic heterocycles. The van der Waals surface area contributed by atoms with Gasteiger partial charge in [0.1, 0.15) is 6.04 Å². The summed E-state index contributed by atoms with van der Waals surface area (Å²) in [6, 6.07) is 10.7. The Morgan fingerprint density at radius 2 is 1.44 bits per heavy atom. The van der Waals surface area contributed by atoms with Crippen LogP contribution in [0.15, 0.2) is 52.3 Å². The minimum absolute atomic E-state index is 0.0940. The molecular weight excluding hydrogens is 628 g/mol. The molecule has 1 saturated heterocycles. The van der Waals surface area contributed by atoms with Crippen LogP contribution in [0.25, 0.3) is 0 Å². The minimum atomic E-state index is -3.81. The van der Waals surface area contributed by atoms with E-state index in [1.807, 2.05) is 6.92 Å². The number of carbonyl (C=O) groups excluding carboxylic acids is 3.